The van der Waals surface area contributed by atoms with Gasteiger partial charge >= 0.3 is 0 Å². The zero-order chi connectivity index (χ0) is 24.9. The van der Waals surface area contributed by atoms with Crippen molar-refractivity contribution in [3.63, 3.8) is 0 Å². The van der Waals surface area contributed by atoms with E-state index >= 15 is 0 Å². The number of aldehydes is 1. The Morgan fingerprint density at radius 1 is 1.26 bits per heavy atom. The Bertz CT molecular complexity index is 1240. The first-order chi connectivity index (χ1) is 16.9. The van der Waals surface area contributed by atoms with Crippen LogP contribution in [0.25, 0.3) is 11.0 Å². The van der Waals surface area contributed by atoms with Crippen LogP contribution in [0.2, 0.25) is 0 Å². The maximum absolute atomic E-state index is 13.1. The van der Waals surface area contributed by atoms with Crippen molar-refractivity contribution in [2.75, 3.05) is 13.2 Å². The van der Waals surface area contributed by atoms with Gasteiger partial charge in [0.15, 0.2) is 0 Å². The van der Waals surface area contributed by atoms with E-state index in [0.29, 0.717) is 42.8 Å². The minimum atomic E-state index is -0.415. The molecule has 2 amide bonds. The number of fused-ring (bicyclic) bond motifs is 1. The van der Waals surface area contributed by atoms with Gasteiger partial charge in [0.2, 0.25) is 5.91 Å². The first-order valence-electron chi connectivity index (χ1n) is 12.1. The van der Waals surface area contributed by atoms with Crippen molar-refractivity contribution in [3.05, 3.63) is 64.5 Å². The lowest BCUT2D eigenvalue weighted by Crippen LogP contribution is -2.37. The van der Waals surface area contributed by atoms with E-state index in [2.05, 4.69) is 10.3 Å². The molecule has 1 aliphatic rings. The number of aliphatic hydroxyl groups excluding tert-OH is 1. The number of hydrogen-bond donors (Lipinski definition) is 3. The summed E-state index contributed by atoms with van der Waals surface area (Å²) in [4.78, 5) is 46.8. The molecule has 0 saturated carbocycles. The molecule has 2 atom stereocenters. The zero-order valence-corrected chi connectivity index (χ0v) is 20.2. The molecule has 3 N–H and O–H groups in total. The number of nitrogens with zero attached hydrogens (tertiary/aromatic N) is 2. The molecule has 1 unspecified atom stereocenters. The molecule has 2 aromatic carbocycles. The number of likely N-dealkylation sites (tertiary alicyclic amines) is 1. The zero-order valence-electron chi connectivity index (χ0n) is 20.2. The van der Waals surface area contributed by atoms with Crippen LogP contribution in [0.3, 0.4) is 0 Å². The number of carbonyl (C=O) groups is 3. The Morgan fingerprint density at radius 2 is 2.09 bits per heavy atom. The van der Waals surface area contributed by atoms with E-state index in [4.69, 9.17) is 4.98 Å². The van der Waals surface area contributed by atoms with Gasteiger partial charge in [-0.2, -0.15) is 0 Å². The number of aliphatic hydroxyl groups is 1. The van der Waals surface area contributed by atoms with Gasteiger partial charge < -0.3 is 20.3 Å². The molecule has 0 spiro atoms. The van der Waals surface area contributed by atoms with E-state index in [1.54, 1.807) is 30.0 Å². The average molecular weight is 477 g/mol. The van der Waals surface area contributed by atoms with E-state index in [1.165, 1.54) is 0 Å². The summed E-state index contributed by atoms with van der Waals surface area (Å²) in [6.45, 7) is 4.48. The van der Waals surface area contributed by atoms with Gasteiger partial charge in [0, 0.05) is 24.1 Å². The smallest absolute Gasteiger partial charge is 0.251 e. The lowest BCUT2D eigenvalue weighted by Gasteiger charge is -2.23. The van der Waals surface area contributed by atoms with Gasteiger partial charge in [-0.1, -0.05) is 12.1 Å². The second kappa shape index (κ2) is 10.8. The normalized spacial score (nSPS) is 16.4. The third-order valence-corrected chi connectivity index (χ3v) is 6.74. The standard InChI is InChI=1S/C27H32N4O4/c1-17-8-11-22-24(13-17)29-26(28-22)23(6-3-7-25(34)31-12-4-5-21(31)16-33)30-27(35)19-9-10-20(15-32)18(2)14-19/h8-11,13-15,21,23,33H,3-7,12,16H2,1-2H3,(H,28,29)(H,30,35)/t21-,23?/m1/s1. The molecule has 0 radical (unpaired) electrons. The highest BCUT2D eigenvalue weighted by Gasteiger charge is 2.28. The monoisotopic (exact) mass is 476 g/mol. The lowest BCUT2D eigenvalue weighted by molar-refractivity contribution is -0.132. The molecule has 1 aliphatic heterocycles. The van der Waals surface area contributed by atoms with Crippen molar-refractivity contribution in [2.24, 2.45) is 0 Å². The molecule has 35 heavy (non-hydrogen) atoms. The molecular weight excluding hydrogens is 444 g/mol. The van der Waals surface area contributed by atoms with E-state index in [1.807, 2.05) is 25.1 Å². The van der Waals surface area contributed by atoms with Crippen LogP contribution in [-0.4, -0.2) is 57.3 Å². The second-order valence-electron chi connectivity index (χ2n) is 9.32. The number of imidazole rings is 1. The fraction of sp³-hybridized carbons (Fsp3) is 0.407. The highest BCUT2D eigenvalue weighted by Crippen LogP contribution is 2.24. The summed E-state index contributed by atoms with van der Waals surface area (Å²) in [7, 11) is 0. The molecule has 1 fully saturated rings. The van der Waals surface area contributed by atoms with Crippen LogP contribution in [-0.2, 0) is 4.79 Å². The third-order valence-electron chi connectivity index (χ3n) is 6.74. The van der Waals surface area contributed by atoms with Crippen LogP contribution in [0.15, 0.2) is 36.4 Å². The van der Waals surface area contributed by atoms with Crippen LogP contribution in [0, 0.1) is 13.8 Å². The van der Waals surface area contributed by atoms with Crippen molar-refractivity contribution in [1.29, 1.82) is 0 Å². The maximum Gasteiger partial charge on any atom is 0.251 e. The largest absolute Gasteiger partial charge is 0.394 e. The van der Waals surface area contributed by atoms with Crippen molar-refractivity contribution in [2.45, 2.75) is 58.0 Å². The van der Waals surface area contributed by atoms with Crippen molar-refractivity contribution in [3.8, 4) is 0 Å². The van der Waals surface area contributed by atoms with Gasteiger partial charge in [-0.3, -0.25) is 14.4 Å². The van der Waals surface area contributed by atoms with Gasteiger partial charge in [0.1, 0.15) is 12.1 Å². The van der Waals surface area contributed by atoms with Crippen molar-refractivity contribution >= 4 is 29.1 Å². The first-order valence-corrected chi connectivity index (χ1v) is 12.1. The summed E-state index contributed by atoms with van der Waals surface area (Å²) in [5.41, 5.74) is 4.56. The Hall–Kier alpha value is -3.52. The quantitative estimate of drug-likeness (QED) is 0.408. The van der Waals surface area contributed by atoms with E-state index in [-0.39, 0.29) is 24.5 Å². The molecular formula is C27H32N4O4. The lowest BCUT2D eigenvalue weighted by atomic mass is 10.0. The molecule has 0 aliphatic carbocycles. The van der Waals surface area contributed by atoms with Crippen LogP contribution in [0.1, 0.15) is 75.8 Å². The van der Waals surface area contributed by atoms with E-state index in [9.17, 15) is 19.5 Å². The molecule has 3 aromatic rings. The van der Waals surface area contributed by atoms with Crippen LogP contribution < -0.4 is 5.32 Å². The Balaban J connectivity index is 1.51. The number of H-pyrrole nitrogens is 1. The first kappa shape index (κ1) is 24.6. The van der Waals surface area contributed by atoms with Gasteiger partial charge in [0.05, 0.1) is 29.7 Å². The highest BCUT2D eigenvalue weighted by molar-refractivity contribution is 5.95. The number of benzene rings is 2. The number of hydrogen-bond acceptors (Lipinski definition) is 5. The predicted molar refractivity (Wildman–Crippen MR) is 133 cm³/mol. The summed E-state index contributed by atoms with van der Waals surface area (Å²) in [6, 6.07) is 10.4. The summed E-state index contributed by atoms with van der Waals surface area (Å²) < 4.78 is 0. The molecule has 4 rings (SSSR count). The van der Waals surface area contributed by atoms with E-state index < -0.39 is 6.04 Å². The number of amides is 2. The maximum atomic E-state index is 13.1. The van der Waals surface area contributed by atoms with E-state index in [0.717, 1.165) is 41.3 Å². The number of rotatable bonds is 9. The van der Waals surface area contributed by atoms with Crippen LogP contribution in [0.4, 0.5) is 0 Å². The second-order valence-corrected chi connectivity index (χ2v) is 9.32. The molecule has 8 heteroatoms. The number of carbonyl (C=O) groups excluding carboxylic acids is 3. The average Bonchev–Trinajstić information content (AvgIpc) is 3.49. The number of aryl methyl sites for hydroxylation is 2. The van der Waals surface area contributed by atoms with Gasteiger partial charge in [-0.05, 0) is 74.9 Å². The predicted octanol–water partition coefficient (Wildman–Crippen LogP) is 3.62. The van der Waals surface area contributed by atoms with Gasteiger partial charge in [-0.25, -0.2) is 4.98 Å². The Morgan fingerprint density at radius 3 is 2.83 bits per heavy atom. The minimum absolute atomic E-state index is 0.00880. The Labute approximate surface area is 204 Å². The summed E-state index contributed by atoms with van der Waals surface area (Å²) in [5.74, 6) is 0.410. The van der Waals surface area contributed by atoms with Gasteiger partial charge in [0.25, 0.3) is 5.91 Å². The van der Waals surface area contributed by atoms with Crippen LogP contribution in [0.5, 0.6) is 0 Å². The Kier molecular flexibility index (Phi) is 7.60. The molecule has 0 bridgehead atoms. The third kappa shape index (κ3) is 5.59. The summed E-state index contributed by atoms with van der Waals surface area (Å²) in [6.07, 6.45) is 3.96. The summed E-state index contributed by atoms with van der Waals surface area (Å²) >= 11 is 0. The van der Waals surface area contributed by atoms with Crippen molar-refractivity contribution < 1.29 is 19.5 Å². The molecule has 2 heterocycles. The molecule has 1 saturated heterocycles. The highest BCUT2D eigenvalue weighted by atomic mass is 16.3. The minimum Gasteiger partial charge on any atom is -0.394 e. The molecule has 184 valence electrons. The summed E-state index contributed by atoms with van der Waals surface area (Å²) in [5, 5.41) is 12.6. The molecule has 1 aromatic heterocycles. The van der Waals surface area contributed by atoms with Crippen molar-refractivity contribution in [1.82, 2.24) is 20.2 Å². The number of nitrogens with one attached hydrogen (secondary N) is 2. The SMILES string of the molecule is Cc1ccc2nc(C(CCCC(=O)N3CCC[C@@H]3CO)NC(=O)c3ccc(C=O)c(C)c3)[nH]c2c1. The fourth-order valence-corrected chi connectivity index (χ4v) is 4.73. The number of aromatic nitrogens is 2. The van der Waals surface area contributed by atoms with Crippen LogP contribution >= 0.6 is 0 Å². The van der Waals surface area contributed by atoms with Gasteiger partial charge in [-0.15, -0.1) is 0 Å². The fourth-order valence-electron chi connectivity index (χ4n) is 4.73. The molecule has 8 nitrogen and oxygen atoms in total. The topological polar surface area (TPSA) is 115 Å². The number of aromatic amines is 1.